The van der Waals surface area contributed by atoms with Gasteiger partial charge in [-0.15, -0.1) is 5.10 Å². The molecule has 2 aliphatic rings. The third kappa shape index (κ3) is 2.90. The summed E-state index contributed by atoms with van der Waals surface area (Å²) >= 11 is 0.918. The summed E-state index contributed by atoms with van der Waals surface area (Å²) in [7, 11) is -1.07. The summed E-state index contributed by atoms with van der Waals surface area (Å²) in [4.78, 5) is 26.9. The molecule has 0 radical (unpaired) electrons. The number of hydrogen-bond acceptors (Lipinski definition) is 9. The van der Waals surface area contributed by atoms with Crippen molar-refractivity contribution in [1.82, 2.24) is 25.1 Å². The quantitative estimate of drug-likeness (QED) is 0.485. The van der Waals surface area contributed by atoms with Crippen molar-refractivity contribution < 1.29 is 22.7 Å². The van der Waals surface area contributed by atoms with Crippen LogP contribution in [0.5, 0.6) is 0 Å². The number of thioether (sulfide) groups is 1. The van der Waals surface area contributed by atoms with Crippen LogP contribution in [0.15, 0.2) is 46.8 Å². The number of carbonyl (C=O) groups excluding carboxylic acids is 2. The lowest BCUT2D eigenvalue weighted by Gasteiger charge is -2.50. The van der Waals surface area contributed by atoms with Crippen molar-refractivity contribution >= 4 is 33.3 Å². The second-order valence-electron chi connectivity index (χ2n) is 6.61. The monoisotopic (exact) mass is 435 g/mol. The molecule has 1 aromatic carbocycles. The van der Waals surface area contributed by atoms with Crippen LogP contribution in [-0.4, -0.2) is 68.4 Å². The number of ketones is 1. The van der Waals surface area contributed by atoms with Gasteiger partial charge >= 0.3 is 0 Å². The second-order valence-corrected chi connectivity index (χ2v) is 10.1. The van der Waals surface area contributed by atoms with E-state index in [1.165, 1.54) is 11.8 Å². The number of amides is 1. The van der Waals surface area contributed by atoms with Crippen molar-refractivity contribution in [2.24, 2.45) is 7.05 Å². The van der Waals surface area contributed by atoms with Crippen LogP contribution in [-0.2, 0) is 26.4 Å². The summed E-state index contributed by atoms with van der Waals surface area (Å²) in [6.07, 6.45) is -1.16. The number of rotatable bonds is 5. The van der Waals surface area contributed by atoms with Crippen molar-refractivity contribution in [2.75, 3.05) is 7.11 Å². The largest absolute Gasteiger partial charge is 0.368 e. The Balaban J connectivity index is 1.87. The van der Waals surface area contributed by atoms with Gasteiger partial charge in [-0.05, 0) is 22.9 Å². The van der Waals surface area contributed by atoms with E-state index in [2.05, 4.69) is 15.5 Å². The normalized spacial score (nSPS) is 25.6. The van der Waals surface area contributed by atoms with Crippen LogP contribution in [0.25, 0.3) is 0 Å². The predicted octanol–water partition coefficient (Wildman–Crippen LogP) is 0.397. The van der Waals surface area contributed by atoms with Crippen LogP contribution >= 0.6 is 11.8 Å². The Hall–Kier alpha value is -2.57. The molecular formula is C17H17N5O5S2. The summed E-state index contributed by atoms with van der Waals surface area (Å²) in [6.45, 7) is 1.54. The molecule has 0 aliphatic carbocycles. The smallest absolute Gasteiger partial charge is 0.260 e. The Morgan fingerprint density at radius 1 is 1.24 bits per heavy atom. The number of ether oxygens (including phenoxy) is 1. The first-order valence-electron chi connectivity index (χ1n) is 8.57. The van der Waals surface area contributed by atoms with E-state index in [-0.39, 0.29) is 16.4 Å². The molecule has 2 aromatic rings. The number of carbonyl (C=O) groups is 2. The number of benzene rings is 1. The van der Waals surface area contributed by atoms with Crippen LogP contribution < -0.4 is 0 Å². The molecule has 0 spiro atoms. The minimum absolute atomic E-state index is 0.0574. The maximum atomic E-state index is 13.3. The van der Waals surface area contributed by atoms with Gasteiger partial charge in [0.2, 0.25) is 10.9 Å². The molecule has 1 unspecified atom stereocenters. The van der Waals surface area contributed by atoms with Crippen molar-refractivity contribution in [3.05, 3.63) is 47.2 Å². The molecule has 3 heterocycles. The van der Waals surface area contributed by atoms with Crippen LogP contribution in [0.3, 0.4) is 0 Å². The molecule has 1 amide bonds. The van der Waals surface area contributed by atoms with E-state index in [0.29, 0.717) is 5.56 Å². The van der Waals surface area contributed by atoms with Gasteiger partial charge in [-0.2, -0.15) is 0 Å². The van der Waals surface area contributed by atoms with E-state index in [1.54, 1.807) is 44.3 Å². The van der Waals surface area contributed by atoms with Crippen LogP contribution in [0.1, 0.15) is 17.3 Å². The van der Waals surface area contributed by atoms with Crippen molar-refractivity contribution in [2.45, 2.75) is 28.1 Å². The molecule has 0 saturated carbocycles. The molecule has 2 aliphatic heterocycles. The van der Waals surface area contributed by atoms with E-state index in [1.807, 2.05) is 0 Å². The van der Waals surface area contributed by atoms with Gasteiger partial charge in [-0.1, -0.05) is 42.1 Å². The van der Waals surface area contributed by atoms with E-state index in [0.717, 1.165) is 16.7 Å². The fraction of sp³-hybridized carbons (Fsp3) is 0.353. The summed E-state index contributed by atoms with van der Waals surface area (Å²) in [5, 5.41) is 10.1. The molecule has 3 atom stereocenters. The zero-order valence-corrected chi connectivity index (χ0v) is 17.3. The Bertz CT molecular complexity index is 1130. The highest BCUT2D eigenvalue weighted by atomic mass is 32.3. The van der Waals surface area contributed by atoms with Crippen LogP contribution in [0.4, 0.5) is 0 Å². The molecule has 152 valence electrons. The van der Waals surface area contributed by atoms with Gasteiger partial charge in [0, 0.05) is 19.7 Å². The minimum Gasteiger partial charge on any atom is -0.368 e. The zero-order valence-electron chi connectivity index (χ0n) is 15.7. The third-order valence-corrected chi connectivity index (χ3v) is 9.20. The van der Waals surface area contributed by atoms with Crippen LogP contribution in [0, 0.1) is 0 Å². The van der Waals surface area contributed by atoms with Gasteiger partial charge in [0.15, 0.2) is 21.3 Å². The maximum absolute atomic E-state index is 13.3. The lowest BCUT2D eigenvalue weighted by atomic mass is 9.99. The Kier molecular flexibility index (Phi) is 4.79. The number of methoxy groups -OCH3 is 1. The molecule has 29 heavy (non-hydrogen) atoms. The molecule has 12 heteroatoms. The van der Waals surface area contributed by atoms with Gasteiger partial charge in [-0.25, -0.2) is 13.1 Å². The van der Waals surface area contributed by atoms with Crippen molar-refractivity contribution in [1.29, 1.82) is 0 Å². The number of β-lactam (4-membered cyclic amide) rings is 1. The SMILES string of the molecule is CO[C@H]1C(=O)N2C(C(=O)c3ccccc3)=C(C)[C@@H](Sc3nnnn3C)S(=O)(=O)C12. The first kappa shape index (κ1) is 19.7. The molecule has 1 fully saturated rings. The van der Waals surface area contributed by atoms with Crippen molar-refractivity contribution in [3.8, 4) is 0 Å². The molecule has 10 nitrogen and oxygen atoms in total. The van der Waals surface area contributed by atoms with Gasteiger partial charge in [0.05, 0.1) is 5.70 Å². The number of fused-ring (bicyclic) bond motifs is 1. The van der Waals surface area contributed by atoms with E-state index in [4.69, 9.17) is 4.74 Å². The highest BCUT2D eigenvalue weighted by molar-refractivity contribution is 8.14. The number of tetrazole rings is 1. The standard InChI is InChI=1S/C17H17N5O5S2/c1-9-11(12(23)10-7-5-4-6-8-10)22-14(24)13(27-3)15(22)29(25,26)16(9)28-17-18-19-20-21(17)2/h4-8,13,15-16H,1-3H3/t13-,15?,16-/m0/s1. The summed E-state index contributed by atoms with van der Waals surface area (Å²) < 4.78 is 32.0. The average Bonchev–Trinajstić information content (AvgIpc) is 3.11. The molecule has 1 aromatic heterocycles. The Morgan fingerprint density at radius 3 is 2.52 bits per heavy atom. The number of Topliss-reactive ketones (excluding diaryl/α,β-unsaturated/α-hetero) is 1. The molecular weight excluding hydrogens is 418 g/mol. The van der Waals surface area contributed by atoms with Gasteiger partial charge in [0.25, 0.3) is 5.91 Å². The first-order chi connectivity index (χ1) is 13.8. The van der Waals surface area contributed by atoms with E-state index in [9.17, 15) is 18.0 Å². The highest BCUT2D eigenvalue weighted by Gasteiger charge is 2.63. The number of sulfone groups is 1. The number of aryl methyl sites for hydroxylation is 1. The Morgan fingerprint density at radius 2 is 1.93 bits per heavy atom. The first-order valence-corrected chi connectivity index (χ1v) is 11.1. The van der Waals surface area contributed by atoms with E-state index < -0.39 is 37.6 Å². The topological polar surface area (TPSA) is 124 Å². The Labute approximate surface area is 170 Å². The van der Waals surface area contributed by atoms with Gasteiger partial charge < -0.3 is 4.74 Å². The minimum atomic E-state index is -3.93. The number of hydrogen-bond donors (Lipinski definition) is 0. The number of nitrogens with zero attached hydrogens (tertiary/aromatic N) is 5. The lowest BCUT2D eigenvalue weighted by molar-refractivity contribution is -0.158. The summed E-state index contributed by atoms with van der Waals surface area (Å²) in [5.74, 6) is -0.976. The molecule has 0 N–H and O–H groups in total. The fourth-order valence-corrected chi connectivity index (χ4v) is 7.29. The molecule has 0 bridgehead atoms. The number of aromatic nitrogens is 4. The zero-order chi connectivity index (χ0) is 20.9. The molecule has 1 saturated heterocycles. The lowest BCUT2D eigenvalue weighted by Crippen LogP contribution is -2.71. The maximum Gasteiger partial charge on any atom is 0.260 e. The van der Waals surface area contributed by atoms with Crippen LogP contribution in [0.2, 0.25) is 0 Å². The third-order valence-electron chi connectivity index (χ3n) is 4.90. The van der Waals surface area contributed by atoms with E-state index >= 15 is 0 Å². The summed E-state index contributed by atoms with van der Waals surface area (Å²) in [5.41, 5.74) is 0.672. The highest BCUT2D eigenvalue weighted by Crippen LogP contribution is 2.46. The number of allylic oxidation sites excluding steroid dienone is 1. The van der Waals surface area contributed by atoms with Crippen molar-refractivity contribution in [3.63, 3.8) is 0 Å². The predicted molar refractivity (Wildman–Crippen MR) is 102 cm³/mol. The second kappa shape index (κ2) is 7.04. The van der Waals surface area contributed by atoms with Gasteiger partial charge in [0.1, 0.15) is 4.58 Å². The molecule has 4 rings (SSSR count). The fourth-order valence-electron chi connectivity index (χ4n) is 3.47. The van der Waals surface area contributed by atoms with Gasteiger partial charge in [-0.3, -0.25) is 14.5 Å². The average molecular weight is 435 g/mol. The summed E-state index contributed by atoms with van der Waals surface area (Å²) in [6, 6.07) is 8.41.